The Hall–Kier alpha value is -1.76. The molecule has 0 radical (unpaired) electrons. The van der Waals surface area contributed by atoms with Crippen molar-refractivity contribution in [2.24, 2.45) is 5.41 Å². The van der Waals surface area contributed by atoms with Gasteiger partial charge < -0.3 is 10.2 Å². The number of hydrogen-bond acceptors (Lipinski definition) is 5. The van der Waals surface area contributed by atoms with Gasteiger partial charge in [-0.25, -0.2) is 0 Å². The fourth-order valence-electron chi connectivity index (χ4n) is 3.26. The topological polar surface area (TPSA) is 73.7 Å². The van der Waals surface area contributed by atoms with E-state index in [9.17, 15) is 15.0 Å². The molecule has 1 aliphatic rings. The Labute approximate surface area is 139 Å². The van der Waals surface area contributed by atoms with Crippen molar-refractivity contribution in [3.8, 4) is 0 Å². The van der Waals surface area contributed by atoms with E-state index in [1.165, 1.54) is 0 Å². The second kappa shape index (κ2) is 6.78. The largest absolute Gasteiger partial charge is 0.481 e. The SMILES string of the molecule is O=C(O)[C@]1(Cc2ccccc2)CN(Cc2cncs2)CC[C@@H]1O. The molecule has 0 saturated carbocycles. The molecule has 1 saturated heterocycles. The molecule has 2 atom stereocenters. The minimum atomic E-state index is -1.16. The molecule has 1 aromatic carbocycles. The van der Waals surface area contributed by atoms with E-state index in [-0.39, 0.29) is 0 Å². The number of aliphatic carboxylic acids is 1. The molecule has 0 spiro atoms. The highest BCUT2D eigenvalue weighted by atomic mass is 32.1. The van der Waals surface area contributed by atoms with Gasteiger partial charge in [0.1, 0.15) is 5.41 Å². The van der Waals surface area contributed by atoms with Crippen LogP contribution in [0.25, 0.3) is 0 Å². The van der Waals surface area contributed by atoms with Crippen LogP contribution in [0.3, 0.4) is 0 Å². The number of piperidine rings is 1. The van der Waals surface area contributed by atoms with Gasteiger partial charge in [0, 0.05) is 30.7 Å². The number of carbonyl (C=O) groups is 1. The van der Waals surface area contributed by atoms with E-state index in [1.54, 1.807) is 16.8 Å². The van der Waals surface area contributed by atoms with E-state index in [4.69, 9.17) is 0 Å². The van der Waals surface area contributed by atoms with Gasteiger partial charge in [0.25, 0.3) is 0 Å². The monoisotopic (exact) mass is 332 g/mol. The molecule has 0 bridgehead atoms. The van der Waals surface area contributed by atoms with Crippen molar-refractivity contribution in [3.63, 3.8) is 0 Å². The van der Waals surface area contributed by atoms with Crippen LogP contribution in [0.15, 0.2) is 42.0 Å². The van der Waals surface area contributed by atoms with Gasteiger partial charge in [-0.2, -0.15) is 0 Å². The number of carboxylic acids is 1. The Morgan fingerprint density at radius 3 is 2.83 bits per heavy atom. The van der Waals surface area contributed by atoms with Gasteiger partial charge in [-0.05, 0) is 18.4 Å². The smallest absolute Gasteiger partial charge is 0.313 e. The average Bonchev–Trinajstić information content (AvgIpc) is 3.04. The minimum absolute atomic E-state index is 0.337. The van der Waals surface area contributed by atoms with Crippen LogP contribution in [0.1, 0.15) is 16.9 Å². The number of aromatic nitrogens is 1. The molecule has 0 amide bonds. The molecule has 3 rings (SSSR count). The van der Waals surface area contributed by atoms with Gasteiger partial charge in [-0.1, -0.05) is 30.3 Å². The number of hydrogen-bond donors (Lipinski definition) is 2. The van der Waals surface area contributed by atoms with Crippen molar-refractivity contribution in [1.29, 1.82) is 0 Å². The molecule has 2 heterocycles. The summed E-state index contributed by atoms with van der Waals surface area (Å²) in [5.41, 5.74) is 1.56. The summed E-state index contributed by atoms with van der Waals surface area (Å²) in [6, 6.07) is 9.54. The maximum Gasteiger partial charge on any atom is 0.313 e. The number of likely N-dealkylation sites (tertiary alicyclic amines) is 1. The third kappa shape index (κ3) is 3.44. The molecule has 2 aromatic rings. The van der Waals surface area contributed by atoms with E-state index in [0.29, 0.717) is 32.5 Å². The molecule has 1 fully saturated rings. The molecule has 23 heavy (non-hydrogen) atoms. The van der Waals surface area contributed by atoms with Crippen molar-refractivity contribution in [2.45, 2.75) is 25.5 Å². The maximum absolute atomic E-state index is 12.0. The molecule has 1 aliphatic heterocycles. The first-order chi connectivity index (χ1) is 11.1. The molecule has 122 valence electrons. The molecular weight excluding hydrogens is 312 g/mol. The normalized spacial score (nSPS) is 25.3. The molecule has 5 nitrogen and oxygen atoms in total. The zero-order chi connectivity index (χ0) is 16.3. The second-order valence-electron chi connectivity index (χ2n) is 6.11. The van der Waals surface area contributed by atoms with E-state index in [0.717, 1.165) is 10.4 Å². The Kier molecular flexibility index (Phi) is 4.75. The number of nitrogens with zero attached hydrogens (tertiary/aromatic N) is 2. The van der Waals surface area contributed by atoms with Crippen LogP contribution in [-0.2, 0) is 17.8 Å². The van der Waals surface area contributed by atoms with Crippen LogP contribution in [-0.4, -0.2) is 45.3 Å². The lowest BCUT2D eigenvalue weighted by atomic mass is 9.73. The van der Waals surface area contributed by atoms with Crippen molar-refractivity contribution in [2.75, 3.05) is 13.1 Å². The van der Waals surface area contributed by atoms with Crippen LogP contribution in [0.2, 0.25) is 0 Å². The van der Waals surface area contributed by atoms with E-state index in [2.05, 4.69) is 9.88 Å². The molecule has 6 heteroatoms. The Morgan fingerprint density at radius 2 is 2.17 bits per heavy atom. The lowest BCUT2D eigenvalue weighted by Gasteiger charge is -2.43. The van der Waals surface area contributed by atoms with Gasteiger partial charge in [0.15, 0.2) is 0 Å². The number of carboxylic acid groups (broad SMARTS) is 1. The Balaban J connectivity index is 1.82. The number of aliphatic hydroxyl groups excluding tert-OH is 1. The molecule has 0 unspecified atom stereocenters. The lowest BCUT2D eigenvalue weighted by Crippen LogP contribution is -2.56. The lowest BCUT2D eigenvalue weighted by molar-refractivity contribution is -0.163. The molecule has 2 N–H and O–H groups in total. The predicted molar refractivity (Wildman–Crippen MR) is 88.2 cm³/mol. The highest BCUT2D eigenvalue weighted by Gasteiger charge is 2.49. The van der Waals surface area contributed by atoms with E-state index in [1.807, 2.05) is 36.5 Å². The summed E-state index contributed by atoms with van der Waals surface area (Å²) < 4.78 is 0. The quantitative estimate of drug-likeness (QED) is 0.876. The van der Waals surface area contributed by atoms with Crippen LogP contribution >= 0.6 is 11.3 Å². The number of thiazole rings is 1. The number of aliphatic hydroxyl groups is 1. The maximum atomic E-state index is 12.0. The summed E-state index contributed by atoms with van der Waals surface area (Å²) in [4.78, 5) is 19.3. The number of benzene rings is 1. The minimum Gasteiger partial charge on any atom is -0.481 e. The Bertz CT molecular complexity index is 647. The number of rotatable bonds is 5. The van der Waals surface area contributed by atoms with Crippen LogP contribution in [0.5, 0.6) is 0 Å². The zero-order valence-corrected chi connectivity index (χ0v) is 13.6. The third-order valence-electron chi connectivity index (χ3n) is 4.51. The van der Waals surface area contributed by atoms with Gasteiger partial charge >= 0.3 is 5.97 Å². The average molecular weight is 332 g/mol. The first-order valence-electron chi connectivity index (χ1n) is 7.65. The van der Waals surface area contributed by atoms with Gasteiger partial charge in [-0.15, -0.1) is 11.3 Å². The van der Waals surface area contributed by atoms with Crippen molar-refractivity contribution in [1.82, 2.24) is 9.88 Å². The van der Waals surface area contributed by atoms with E-state index >= 15 is 0 Å². The van der Waals surface area contributed by atoms with Crippen molar-refractivity contribution in [3.05, 3.63) is 52.5 Å². The fourth-order valence-corrected chi connectivity index (χ4v) is 3.90. The molecule has 1 aromatic heterocycles. The van der Waals surface area contributed by atoms with Crippen LogP contribution in [0.4, 0.5) is 0 Å². The van der Waals surface area contributed by atoms with Crippen LogP contribution < -0.4 is 0 Å². The predicted octanol–water partition coefficient (Wildman–Crippen LogP) is 2.02. The molecule has 0 aliphatic carbocycles. The van der Waals surface area contributed by atoms with E-state index < -0.39 is 17.5 Å². The highest BCUT2D eigenvalue weighted by molar-refractivity contribution is 7.09. The molecular formula is C17H20N2O3S. The summed E-state index contributed by atoms with van der Waals surface area (Å²) in [6.45, 7) is 1.72. The van der Waals surface area contributed by atoms with Gasteiger partial charge in [0.05, 0.1) is 11.6 Å². The zero-order valence-electron chi connectivity index (χ0n) is 12.8. The standard InChI is InChI=1S/C17H20N2O3S/c20-15-6-7-19(10-14-9-18-12-23-14)11-17(15,16(21)22)8-13-4-2-1-3-5-13/h1-5,9,12,15,20H,6-8,10-11H2,(H,21,22)/t15-,17+/m0/s1. The van der Waals surface area contributed by atoms with Crippen molar-refractivity contribution >= 4 is 17.3 Å². The van der Waals surface area contributed by atoms with Gasteiger partial charge in [-0.3, -0.25) is 14.7 Å². The first kappa shape index (κ1) is 16.1. The summed E-state index contributed by atoms with van der Waals surface area (Å²) in [5, 5.41) is 20.3. The van der Waals surface area contributed by atoms with Gasteiger partial charge in [0.2, 0.25) is 0 Å². The first-order valence-corrected chi connectivity index (χ1v) is 8.53. The fraction of sp³-hybridized carbons (Fsp3) is 0.412. The van der Waals surface area contributed by atoms with Crippen LogP contribution in [0, 0.1) is 5.41 Å². The summed E-state index contributed by atoms with van der Waals surface area (Å²) in [5.74, 6) is -0.928. The summed E-state index contributed by atoms with van der Waals surface area (Å²) in [7, 11) is 0. The highest BCUT2D eigenvalue weighted by Crippen LogP contribution is 2.35. The third-order valence-corrected chi connectivity index (χ3v) is 5.28. The Morgan fingerprint density at radius 1 is 1.39 bits per heavy atom. The second-order valence-corrected chi connectivity index (χ2v) is 7.08. The summed E-state index contributed by atoms with van der Waals surface area (Å²) in [6.07, 6.45) is 1.79. The summed E-state index contributed by atoms with van der Waals surface area (Å²) >= 11 is 1.57. The van der Waals surface area contributed by atoms with Crippen molar-refractivity contribution < 1.29 is 15.0 Å².